The number of hydrogen-bond donors (Lipinski definition) is 0. The summed E-state index contributed by atoms with van der Waals surface area (Å²) in [7, 11) is 0. The van der Waals surface area contributed by atoms with Gasteiger partial charge in [0.25, 0.3) is 0 Å². The third-order valence-electron chi connectivity index (χ3n) is 0.696. The minimum absolute atomic E-state index is 0.213. The van der Waals surface area contributed by atoms with Gasteiger partial charge in [0.1, 0.15) is 6.42 Å². The van der Waals surface area contributed by atoms with Gasteiger partial charge in [0.15, 0.2) is 0 Å². The molecular formula is C6H8O. The lowest BCUT2D eigenvalue weighted by Crippen LogP contribution is -2.02. The summed E-state index contributed by atoms with van der Waals surface area (Å²) in [6, 6.07) is 0. The molecule has 0 aromatic rings. The van der Waals surface area contributed by atoms with Crippen molar-refractivity contribution in [3.8, 4) is 0 Å². The van der Waals surface area contributed by atoms with Crippen molar-refractivity contribution < 1.29 is 5.11 Å². The van der Waals surface area contributed by atoms with Crippen molar-refractivity contribution >= 4 is 0 Å². The van der Waals surface area contributed by atoms with Crippen LogP contribution in [0.2, 0.25) is 0 Å². The lowest BCUT2D eigenvalue weighted by Gasteiger charge is -2.05. The molecule has 0 spiro atoms. The summed E-state index contributed by atoms with van der Waals surface area (Å²) in [5.74, 6) is -0.213. The maximum Gasteiger partial charge on any atom is 0.109 e. The summed E-state index contributed by atoms with van der Waals surface area (Å²) >= 11 is 0. The highest BCUT2D eigenvalue weighted by atomic mass is 16.3. The van der Waals surface area contributed by atoms with Gasteiger partial charge in [-0.05, 0) is 5.57 Å². The van der Waals surface area contributed by atoms with E-state index >= 15 is 0 Å². The van der Waals surface area contributed by atoms with Crippen LogP contribution >= 0.6 is 0 Å². The van der Waals surface area contributed by atoms with Gasteiger partial charge >= 0.3 is 0 Å². The molecule has 0 aliphatic heterocycles. The van der Waals surface area contributed by atoms with Crippen LogP contribution in [0.25, 0.3) is 0 Å². The quantitative estimate of drug-likeness (QED) is 0.281. The molecule has 0 aromatic carbocycles. The lowest BCUT2D eigenvalue weighted by molar-refractivity contribution is -0.296. The summed E-state index contributed by atoms with van der Waals surface area (Å²) in [6.07, 6.45) is 0.461. The van der Waals surface area contributed by atoms with Crippen LogP contribution in [-0.2, 0) is 0 Å². The molecule has 0 aromatic heterocycles. The Labute approximate surface area is 44.0 Å². The van der Waals surface area contributed by atoms with Gasteiger partial charge in [0.05, 0.1) is 6.92 Å². The largest absolute Gasteiger partial charge is 0.873 e. The van der Waals surface area contributed by atoms with E-state index in [0.29, 0.717) is 12.0 Å². The molecule has 0 rings (SSSR count). The van der Waals surface area contributed by atoms with Crippen molar-refractivity contribution in [2.24, 2.45) is 0 Å². The summed E-state index contributed by atoms with van der Waals surface area (Å²) in [5.41, 5.74) is 0.486. The molecule has 0 fully saturated rings. The SMILES string of the molecule is C=C([O-])C(=C)C[CH2+]. The Morgan fingerprint density at radius 3 is 2.00 bits per heavy atom. The van der Waals surface area contributed by atoms with Gasteiger partial charge in [0.2, 0.25) is 0 Å². The molecule has 1 heteroatoms. The van der Waals surface area contributed by atoms with E-state index in [-0.39, 0.29) is 5.76 Å². The highest BCUT2D eigenvalue weighted by Crippen LogP contribution is 1.99. The zero-order valence-corrected chi connectivity index (χ0v) is 4.24. The molecule has 0 aliphatic carbocycles. The van der Waals surface area contributed by atoms with Gasteiger partial charge in [-0.3, -0.25) is 0 Å². The highest BCUT2D eigenvalue weighted by Gasteiger charge is 1.85. The predicted molar refractivity (Wildman–Crippen MR) is 28.3 cm³/mol. The zero-order valence-electron chi connectivity index (χ0n) is 4.24. The van der Waals surface area contributed by atoms with Crippen LogP contribution in [0.4, 0.5) is 0 Å². The van der Waals surface area contributed by atoms with Gasteiger partial charge in [-0.1, -0.05) is 6.58 Å². The van der Waals surface area contributed by atoms with Crippen molar-refractivity contribution in [2.45, 2.75) is 6.42 Å². The first kappa shape index (κ1) is 6.15. The third-order valence-corrected chi connectivity index (χ3v) is 0.696. The fourth-order valence-corrected chi connectivity index (χ4v) is 0.139. The Bertz CT molecular complexity index is 92.4. The molecule has 1 nitrogen and oxygen atoms in total. The van der Waals surface area contributed by atoms with E-state index < -0.39 is 0 Å². The standard InChI is InChI=1S/C6H8O/c1-4-5(2)6(3)7/h1-4H2. The fourth-order valence-electron chi connectivity index (χ4n) is 0.139. The van der Waals surface area contributed by atoms with E-state index in [9.17, 15) is 5.11 Å². The van der Waals surface area contributed by atoms with E-state index in [2.05, 4.69) is 20.1 Å². The molecule has 0 bridgehead atoms. The number of hydrogen-bond acceptors (Lipinski definition) is 1. The van der Waals surface area contributed by atoms with Gasteiger partial charge in [-0.15, -0.1) is 12.3 Å². The minimum atomic E-state index is -0.213. The van der Waals surface area contributed by atoms with Gasteiger partial charge in [-0.2, -0.15) is 0 Å². The minimum Gasteiger partial charge on any atom is -0.873 e. The molecule has 0 unspecified atom stereocenters. The van der Waals surface area contributed by atoms with E-state index in [1.54, 1.807) is 0 Å². The van der Waals surface area contributed by atoms with E-state index in [1.807, 2.05) is 0 Å². The average Bonchev–Trinajstić information content (AvgIpc) is 1.65. The predicted octanol–water partition coefficient (Wildman–Crippen LogP) is 0.641. The smallest absolute Gasteiger partial charge is 0.109 e. The Hall–Kier alpha value is -0.850. The van der Waals surface area contributed by atoms with E-state index in [4.69, 9.17) is 0 Å². The Morgan fingerprint density at radius 1 is 1.57 bits per heavy atom. The second kappa shape index (κ2) is 2.35. The summed E-state index contributed by atoms with van der Waals surface area (Å²) in [4.78, 5) is 0. The average molecular weight is 96.1 g/mol. The van der Waals surface area contributed by atoms with Crippen LogP contribution in [0.1, 0.15) is 6.42 Å². The number of rotatable bonds is 2. The van der Waals surface area contributed by atoms with E-state index in [0.717, 1.165) is 0 Å². The Kier molecular flexibility index (Phi) is 2.06. The summed E-state index contributed by atoms with van der Waals surface area (Å²) in [6.45, 7) is 9.98. The maximum absolute atomic E-state index is 10.1. The van der Waals surface area contributed by atoms with E-state index in [1.165, 1.54) is 0 Å². The fraction of sp³-hybridized carbons (Fsp3) is 0.167. The van der Waals surface area contributed by atoms with Crippen LogP contribution in [0.15, 0.2) is 24.5 Å². The molecule has 0 saturated heterocycles. The van der Waals surface area contributed by atoms with Gasteiger partial charge in [-0.25, -0.2) is 0 Å². The molecule has 0 amide bonds. The van der Waals surface area contributed by atoms with Crippen LogP contribution in [0.5, 0.6) is 0 Å². The molecular weight excluding hydrogens is 88.1 g/mol. The van der Waals surface area contributed by atoms with Crippen LogP contribution < -0.4 is 5.11 Å². The van der Waals surface area contributed by atoms with Crippen molar-refractivity contribution in [3.63, 3.8) is 0 Å². The van der Waals surface area contributed by atoms with Crippen molar-refractivity contribution in [3.05, 3.63) is 31.4 Å². The molecule has 7 heavy (non-hydrogen) atoms. The van der Waals surface area contributed by atoms with Crippen molar-refractivity contribution in [1.29, 1.82) is 0 Å². The molecule has 38 valence electrons. The summed E-state index contributed by atoms with van der Waals surface area (Å²) in [5, 5.41) is 10.1. The molecule has 0 atom stereocenters. The van der Waals surface area contributed by atoms with Gasteiger partial charge < -0.3 is 5.11 Å². The normalized spacial score (nSPS) is 8.00. The van der Waals surface area contributed by atoms with Crippen molar-refractivity contribution in [1.82, 2.24) is 0 Å². The lowest BCUT2D eigenvalue weighted by atomic mass is 10.2. The van der Waals surface area contributed by atoms with Crippen LogP contribution in [0.3, 0.4) is 0 Å². The van der Waals surface area contributed by atoms with Crippen LogP contribution in [0, 0.1) is 6.92 Å². The number of allylic oxidation sites excluding steroid dienone is 1. The maximum atomic E-state index is 10.1. The topological polar surface area (TPSA) is 23.1 Å². The first-order chi connectivity index (χ1) is 3.18. The second-order valence-electron chi connectivity index (χ2n) is 1.28. The zero-order chi connectivity index (χ0) is 5.86. The Balaban J connectivity index is 3.58. The first-order valence-corrected chi connectivity index (χ1v) is 2.01. The first-order valence-electron chi connectivity index (χ1n) is 2.01. The molecule has 0 aliphatic rings. The third kappa shape index (κ3) is 1.93. The molecule has 0 heterocycles. The summed E-state index contributed by atoms with van der Waals surface area (Å²) < 4.78 is 0. The van der Waals surface area contributed by atoms with Gasteiger partial charge in [0, 0.05) is 0 Å². The second-order valence-corrected chi connectivity index (χ2v) is 1.28. The highest BCUT2D eigenvalue weighted by molar-refractivity contribution is 5.16. The monoisotopic (exact) mass is 96.1 g/mol. The molecule has 0 N–H and O–H groups in total. The molecule has 0 saturated carbocycles. The Morgan fingerprint density at radius 2 is 2.00 bits per heavy atom. The molecule has 0 radical (unpaired) electrons. The van der Waals surface area contributed by atoms with Crippen LogP contribution in [-0.4, -0.2) is 0 Å². The van der Waals surface area contributed by atoms with Crippen molar-refractivity contribution in [2.75, 3.05) is 0 Å².